The van der Waals surface area contributed by atoms with Crippen LogP contribution in [0, 0.1) is 17.3 Å². The van der Waals surface area contributed by atoms with E-state index in [1.54, 1.807) is 0 Å². The Bertz CT molecular complexity index is 347. The van der Waals surface area contributed by atoms with E-state index in [0.717, 1.165) is 31.0 Å². The van der Waals surface area contributed by atoms with Gasteiger partial charge >= 0.3 is 0 Å². The minimum absolute atomic E-state index is 0.0619. The zero-order valence-electron chi connectivity index (χ0n) is 13.4. The van der Waals surface area contributed by atoms with Crippen LogP contribution in [0.25, 0.3) is 0 Å². The molecule has 3 nitrogen and oxygen atoms in total. The van der Waals surface area contributed by atoms with E-state index in [9.17, 15) is 4.79 Å². The van der Waals surface area contributed by atoms with E-state index in [4.69, 9.17) is 4.99 Å². The predicted molar refractivity (Wildman–Crippen MR) is 81.3 cm³/mol. The summed E-state index contributed by atoms with van der Waals surface area (Å²) in [6, 6.07) is 0.357. The predicted octanol–water partition coefficient (Wildman–Crippen LogP) is 3.78. The van der Waals surface area contributed by atoms with E-state index in [-0.39, 0.29) is 11.8 Å². The van der Waals surface area contributed by atoms with Crippen LogP contribution in [-0.2, 0) is 4.79 Å². The molecule has 3 atom stereocenters. The Morgan fingerprint density at radius 1 is 1.42 bits per heavy atom. The highest BCUT2D eigenvalue weighted by molar-refractivity contribution is 5.97. The second kappa shape index (κ2) is 6.53. The summed E-state index contributed by atoms with van der Waals surface area (Å²) in [5.74, 6) is 1.65. The Kier molecular flexibility index (Phi) is 5.57. The maximum atomic E-state index is 11.8. The lowest BCUT2D eigenvalue weighted by atomic mass is 9.71. The molecule has 1 aliphatic rings. The summed E-state index contributed by atoms with van der Waals surface area (Å²) in [6.07, 6.45) is 4.40. The number of nitrogens with zero attached hydrogens (tertiary/aromatic N) is 1. The van der Waals surface area contributed by atoms with Crippen LogP contribution in [0.15, 0.2) is 4.99 Å². The van der Waals surface area contributed by atoms with Crippen LogP contribution in [0.2, 0.25) is 0 Å². The first-order valence-corrected chi connectivity index (χ1v) is 7.58. The number of nitrogens with one attached hydrogen (secondary N) is 1. The first kappa shape index (κ1) is 16.2. The molecule has 0 aliphatic heterocycles. The third-order valence-corrected chi connectivity index (χ3v) is 4.10. The average molecular weight is 266 g/mol. The molecule has 0 bridgehead atoms. The standard InChI is InChI=1S/C16H30N2O/c1-7-12(3)15(19)18-13(4)17-14-8-11(2)9-16(5,6)10-14/h11-12,14H,7-10H2,1-6H3,(H,17,18,19). The number of amides is 1. The Morgan fingerprint density at radius 3 is 2.58 bits per heavy atom. The summed E-state index contributed by atoms with van der Waals surface area (Å²) in [4.78, 5) is 16.5. The second-order valence-electron chi connectivity index (χ2n) is 7.08. The SMILES string of the molecule is CCC(C)C(=O)NC(C)=NC1CC(C)CC(C)(C)C1. The third kappa shape index (κ3) is 5.33. The maximum absolute atomic E-state index is 11.8. The number of rotatable bonds is 3. The lowest BCUT2D eigenvalue weighted by Crippen LogP contribution is -2.35. The van der Waals surface area contributed by atoms with E-state index in [2.05, 4.69) is 26.1 Å². The average Bonchev–Trinajstić information content (AvgIpc) is 2.24. The van der Waals surface area contributed by atoms with Crippen molar-refractivity contribution in [3.63, 3.8) is 0 Å². The molecule has 0 aromatic rings. The molecule has 110 valence electrons. The topological polar surface area (TPSA) is 41.5 Å². The summed E-state index contributed by atoms with van der Waals surface area (Å²) in [5, 5.41) is 2.93. The van der Waals surface area contributed by atoms with Gasteiger partial charge in [0.25, 0.3) is 0 Å². The minimum Gasteiger partial charge on any atom is -0.315 e. The van der Waals surface area contributed by atoms with Gasteiger partial charge in [-0.1, -0.05) is 34.6 Å². The highest BCUT2D eigenvalue weighted by Crippen LogP contribution is 2.39. The van der Waals surface area contributed by atoms with Crippen molar-refractivity contribution in [1.82, 2.24) is 5.32 Å². The van der Waals surface area contributed by atoms with Crippen molar-refractivity contribution in [1.29, 1.82) is 0 Å². The molecule has 0 radical (unpaired) electrons. The summed E-state index contributed by atoms with van der Waals surface area (Å²) < 4.78 is 0. The molecule has 3 unspecified atom stereocenters. The van der Waals surface area contributed by atoms with Gasteiger partial charge in [0.2, 0.25) is 5.91 Å². The molecule has 1 aliphatic carbocycles. The Morgan fingerprint density at radius 2 is 2.05 bits per heavy atom. The van der Waals surface area contributed by atoms with Crippen molar-refractivity contribution in [2.75, 3.05) is 0 Å². The zero-order chi connectivity index (χ0) is 14.6. The van der Waals surface area contributed by atoms with E-state index < -0.39 is 0 Å². The minimum atomic E-state index is 0.0619. The van der Waals surface area contributed by atoms with Gasteiger partial charge in [0, 0.05) is 5.92 Å². The molecule has 1 amide bonds. The van der Waals surface area contributed by atoms with Gasteiger partial charge in [-0.25, -0.2) is 0 Å². The number of carbonyl (C=O) groups excluding carboxylic acids is 1. The molecule has 0 spiro atoms. The molecular formula is C16H30N2O. The summed E-state index contributed by atoms with van der Waals surface area (Å²) in [6.45, 7) is 12.8. The lowest BCUT2D eigenvalue weighted by Gasteiger charge is -2.37. The normalized spacial score (nSPS) is 28.8. The molecule has 0 aromatic carbocycles. The quantitative estimate of drug-likeness (QED) is 0.613. The van der Waals surface area contributed by atoms with Crippen LogP contribution in [0.3, 0.4) is 0 Å². The van der Waals surface area contributed by atoms with E-state index in [1.165, 1.54) is 6.42 Å². The lowest BCUT2D eigenvalue weighted by molar-refractivity contribution is -0.123. The van der Waals surface area contributed by atoms with Crippen molar-refractivity contribution in [3.8, 4) is 0 Å². The maximum Gasteiger partial charge on any atom is 0.228 e. The Hall–Kier alpha value is -0.860. The number of aliphatic imine (C=N–C) groups is 1. The van der Waals surface area contributed by atoms with E-state index >= 15 is 0 Å². The zero-order valence-corrected chi connectivity index (χ0v) is 13.4. The smallest absolute Gasteiger partial charge is 0.228 e. The van der Waals surface area contributed by atoms with Crippen molar-refractivity contribution in [2.45, 2.75) is 73.3 Å². The molecule has 0 aromatic heterocycles. The molecule has 0 saturated heterocycles. The fourth-order valence-corrected chi connectivity index (χ4v) is 3.19. The molecular weight excluding hydrogens is 236 g/mol. The van der Waals surface area contributed by atoms with Gasteiger partial charge in [-0.2, -0.15) is 0 Å². The monoisotopic (exact) mass is 266 g/mol. The largest absolute Gasteiger partial charge is 0.315 e. The fourth-order valence-electron chi connectivity index (χ4n) is 3.19. The van der Waals surface area contributed by atoms with Crippen molar-refractivity contribution in [3.05, 3.63) is 0 Å². The third-order valence-electron chi connectivity index (χ3n) is 4.10. The van der Waals surface area contributed by atoms with Crippen molar-refractivity contribution < 1.29 is 4.79 Å². The second-order valence-corrected chi connectivity index (χ2v) is 7.08. The van der Waals surface area contributed by atoms with Gasteiger partial charge in [0.15, 0.2) is 0 Å². The first-order chi connectivity index (χ1) is 8.73. The van der Waals surface area contributed by atoms with Crippen molar-refractivity contribution >= 4 is 11.7 Å². The molecule has 1 saturated carbocycles. The van der Waals surface area contributed by atoms with Crippen molar-refractivity contribution in [2.24, 2.45) is 22.2 Å². The first-order valence-electron chi connectivity index (χ1n) is 7.58. The molecule has 3 heteroatoms. The van der Waals surface area contributed by atoms with Gasteiger partial charge in [-0.05, 0) is 43.9 Å². The number of hydrogen-bond donors (Lipinski definition) is 1. The van der Waals surface area contributed by atoms with Gasteiger partial charge in [-0.15, -0.1) is 0 Å². The van der Waals surface area contributed by atoms with Gasteiger partial charge in [0.05, 0.1) is 6.04 Å². The number of amidine groups is 1. The molecule has 1 N–H and O–H groups in total. The highest BCUT2D eigenvalue weighted by Gasteiger charge is 2.31. The highest BCUT2D eigenvalue weighted by atomic mass is 16.1. The van der Waals surface area contributed by atoms with Crippen LogP contribution in [0.1, 0.15) is 67.2 Å². The van der Waals surface area contributed by atoms with Gasteiger partial charge < -0.3 is 5.32 Å². The van der Waals surface area contributed by atoms with Gasteiger partial charge in [0.1, 0.15) is 5.84 Å². The molecule has 1 rings (SSSR count). The summed E-state index contributed by atoms with van der Waals surface area (Å²) in [5.41, 5.74) is 0.368. The van der Waals surface area contributed by atoms with Crippen LogP contribution in [-0.4, -0.2) is 17.8 Å². The number of hydrogen-bond acceptors (Lipinski definition) is 2. The summed E-state index contributed by atoms with van der Waals surface area (Å²) >= 11 is 0. The summed E-state index contributed by atoms with van der Waals surface area (Å²) in [7, 11) is 0. The Balaban J connectivity index is 2.60. The number of carbonyl (C=O) groups is 1. The molecule has 1 fully saturated rings. The van der Waals surface area contributed by atoms with Crippen LogP contribution in [0.5, 0.6) is 0 Å². The van der Waals surface area contributed by atoms with Crippen LogP contribution >= 0.6 is 0 Å². The van der Waals surface area contributed by atoms with Gasteiger partial charge in [-0.3, -0.25) is 9.79 Å². The molecule has 19 heavy (non-hydrogen) atoms. The Labute approximate surface area is 118 Å². The van der Waals surface area contributed by atoms with E-state index in [1.807, 2.05) is 20.8 Å². The van der Waals surface area contributed by atoms with Crippen LogP contribution < -0.4 is 5.32 Å². The van der Waals surface area contributed by atoms with E-state index in [0.29, 0.717) is 11.5 Å². The molecule has 0 heterocycles. The van der Waals surface area contributed by atoms with Crippen LogP contribution in [0.4, 0.5) is 0 Å². The fraction of sp³-hybridized carbons (Fsp3) is 0.875.